The third-order valence-electron chi connectivity index (χ3n) is 0. The van der Waals surface area contributed by atoms with Crippen LogP contribution in [0.1, 0.15) is 0 Å². The molecule has 0 aliphatic carbocycles. The molecule has 0 saturated heterocycles. The molecule has 0 bridgehead atoms. The van der Waals surface area contributed by atoms with Crippen molar-refractivity contribution in [3.05, 3.63) is 0 Å². The molecule has 0 aliphatic rings. The Labute approximate surface area is 362 Å². The molecule has 0 aromatic rings. The molecule has 0 aromatic heterocycles. The Bertz CT molecular complexity index is 14.7. The molecule has 0 unspecified atom stereocenters. The van der Waals surface area contributed by atoms with Crippen molar-refractivity contribution in [3.63, 3.8) is 0 Å². The van der Waals surface area contributed by atoms with Crippen LogP contribution in [0.3, 0.4) is 0 Å². The zero-order chi connectivity index (χ0) is 0. The minimum Gasteiger partial charge on any atom is 0.316 e. The molecule has 0 fully saturated rings. The molecule has 0 aromatic carbocycles. The van der Waals surface area contributed by atoms with E-state index in [-0.39, 0.29) is 373 Å². The van der Waals surface area contributed by atoms with Gasteiger partial charge in [-0.3, -0.25) is 0 Å². The van der Waals surface area contributed by atoms with Crippen molar-refractivity contribution in [2.75, 3.05) is 0 Å². The molecule has 0 amide bonds. The summed E-state index contributed by atoms with van der Waals surface area (Å²) in [5.41, 5.74) is 0. The second kappa shape index (κ2) is 180. The summed E-state index contributed by atoms with van der Waals surface area (Å²) in [7, 11) is 0. The molecule has 0 saturated carbocycles. The maximum atomic E-state index is 0. The molecule has 0 heterocycles. The predicted octanol–water partition coefficient (Wildman–Crippen LogP) is -21.7. The van der Waals surface area contributed by atoms with E-state index in [0.717, 1.165) is 0 Å². The van der Waals surface area contributed by atoms with Crippen molar-refractivity contribution in [1.29, 1.82) is 0 Å². The summed E-state index contributed by atoms with van der Waals surface area (Å²) in [6.07, 6.45) is 0. The van der Waals surface area contributed by atoms with Crippen molar-refractivity contribution in [2.24, 2.45) is 0 Å². The normalized spacial score (nSPS) is 0. The second-order valence-electron chi connectivity index (χ2n) is 0. The van der Waals surface area contributed by atoms with Crippen LogP contribution in [0, 0.1) is 0 Å². The van der Waals surface area contributed by atoms with E-state index in [4.69, 9.17) is 0 Å². The van der Waals surface area contributed by atoms with E-state index in [1.54, 1.807) is 0 Å². The van der Waals surface area contributed by atoms with Crippen LogP contribution in [-0.2, 0) is 0 Å². The van der Waals surface area contributed by atoms with Gasteiger partial charge in [-0.1, -0.05) is 0 Å². The van der Waals surface area contributed by atoms with Gasteiger partial charge in [-0.15, -0.1) is 0 Å². The largest absolute Gasteiger partial charge is 0.316 e. The smallest absolute Gasteiger partial charge is 0.316 e. The van der Waals surface area contributed by atoms with Crippen molar-refractivity contribution in [2.45, 2.75) is 0 Å². The SMILES string of the molecule is [AlH3].[AlH3].[AlH3].[AlH3].[AlH3].[AlH3].[AlH3].[AlH3].[AlH3].[AlH3].[AlH3].[AlH3].[AlH3].[AlH3].[AlH3].[AlH3].[BaH2].[MgH2].[MgH2]. The first-order valence-corrected chi connectivity index (χ1v) is 0. The Kier molecular flexibility index (Phi) is 1880. The van der Waals surface area contributed by atoms with Gasteiger partial charge in [-0.2, -0.15) is 0 Å². The molecule has 0 atom stereocenters. The van der Waals surface area contributed by atoms with Gasteiger partial charge in [0.1, 0.15) is 0 Å². The molecule has 0 rings (SSSR count). The van der Waals surface area contributed by atoms with Crippen molar-refractivity contribution >= 4 is 373 Å². The maximum absolute atomic E-state index is 0. The summed E-state index contributed by atoms with van der Waals surface area (Å²) in [6.45, 7) is 0. The fourth-order valence-electron chi connectivity index (χ4n) is 0. The Hall–Kier alpha value is 11.6. The zero-order valence-electron chi connectivity index (χ0n) is 0. The monoisotopic (exact) mass is 672 g/mol. The van der Waals surface area contributed by atoms with E-state index in [0.29, 0.717) is 0 Å². The van der Waals surface area contributed by atoms with E-state index in [1.807, 2.05) is 0 Å². The quantitative estimate of drug-likeness (QED) is 0.225. The van der Waals surface area contributed by atoms with Crippen molar-refractivity contribution in [3.8, 4) is 0 Å². The van der Waals surface area contributed by atoms with Crippen molar-refractivity contribution < 1.29 is 0 Å². The van der Waals surface area contributed by atoms with Gasteiger partial charge in [0.15, 0.2) is 278 Å². The topological polar surface area (TPSA) is 0 Å². The molecule has 108 valence electrons. The van der Waals surface area contributed by atoms with E-state index < -0.39 is 0 Å². The fourth-order valence-corrected chi connectivity index (χ4v) is 0. The van der Waals surface area contributed by atoms with Crippen LogP contribution in [0.4, 0.5) is 0 Å². The van der Waals surface area contributed by atoms with Gasteiger partial charge < -0.3 is 0 Å². The summed E-state index contributed by atoms with van der Waals surface area (Å²) >= 11 is 0. The average molecular weight is 672 g/mol. The fraction of sp³-hybridized carbons (Fsp3) is 0. The molecule has 0 nitrogen and oxygen atoms in total. The third kappa shape index (κ3) is 167. The van der Waals surface area contributed by atoms with Crippen LogP contribution < -0.4 is 0 Å². The molecule has 0 spiro atoms. The average Bonchev–Trinajstić information content (AvgIpc) is 0. The van der Waals surface area contributed by atoms with Crippen LogP contribution in [0.15, 0.2) is 0 Å². The summed E-state index contributed by atoms with van der Waals surface area (Å²) in [6, 6.07) is 0. The van der Waals surface area contributed by atoms with E-state index in [9.17, 15) is 0 Å². The summed E-state index contributed by atoms with van der Waals surface area (Å²) in [5.74, 6) is 0. The molecule has 19 heteroatoms. The van der Waals surface area contributed by atoms with Crippen LogP contribution >= 0.6 is 0 Å². The number of hydrogen-bond acceptors (Lipinski definition) is 0. The first-order chi connectivity index (χ1) is 0. The van der Waals surface area contributed by atoms with Gasteiger partial charge in [0.05, 0.1) is 0 Å². The van der Waals surface area contributed by atoms with Gasteiger partial charge in [0.2, 0.25) is 0 Å². The van der Waals surface area contributed by atoms with Crippen LogP contribution in [0.5, 0.6) is 0 Å². The maximum Gasteiger partial charge on any atom is 0.316 e. The molecule has 0 aliphatic heterocycles. The molecular formula is H54Al16BaMg2. The molecular weight excluding hydrogens is 618 g/mol. The Morgan fingerprint density at radius 1 is 0.158 bits per heavy atom. The number of hydrogen-bond donors (Lipinski definition) is 0. The number of rotatable bonds is 0. The third-order valence-corrected chi connectivity index (χ3v) is 0. The minimum atomic E-state index is 0. The standard InChI is InChI=1S/16Al.Ba.2Mg.54H. The van der Waals surface area contributed by atoms with Crippen LogP contribution in [0.2, 0.25) is 0 Å². The van der Waals surface area contributed by atoms with Gasteiger partial charge in [-0.05, 0) is 0 Å². The Morgan fingerprint density at radius 3 is 0.158 bits per heavy atom. The molecule has 0 N–H and O–H groups in total. The van der Waals surface area contributed by atoms with Gasteiger partial charge in [0, 0.05) is 0 Å². The second-order valence-corrected chi connectivity index (χ2v) is 0. The first kappa shape index (κ1) is 199. The summed E-state index contributed by atoms with van der Waals surface area (Å²) in [5, 5.41) is 0. The predicted molar refractivity (Wildman–Crippen MR) is 185 cm³/mol. The minimum absolute atomic E-state index is 0. The summed E-state index contributed by atoms with van der Waals surface area (Å²) in [4.78, 5) is 0. The van der Waals surface area contributed by atoms with Gasteiger partial charge in [-0.25, -0.2) is 0 Å². The Morgan fingerprint density at radius 2 is 0.158 bits per heavy atom. The van der Waals surface area contributed by atoms with Crippen LogP contribution in [0.25, 0.3) is 0 Å². The van der Waals surface area contributed by atoms with E-state index in [1.165, 1.54) is 0 Å². The van der Waals surface area contributed by atoms with E-state index >= 15 is 0 Å². The molecule has 0 radical (unpaired) electrons. The Balaban J connectivity index is 0. The zero-order valence-corrected chi connectivity index (χ0v) is 0. The van der Waals surface area contributed by atoms with Crippen molar-refractivity contribution in [1.82, 2.24) is 0 Å². The van der Waals surface area contributed by atoms with Crippen LogP contribution in [-0.4, -0.2) is 373 Å². The molecule has 19 heavy (non-hydrogen) atoms. The van der Waals surface area contributed by atoms with E-state index in [2.05, 4.69) is 0 Å². The van der Waals surface area contributed by atoms with Gasteiger partial charge in [0.25, 0.3) is 0 Å². The van der Waals surface area contributed by atoms with Gasteiger partial charge >= 0.3 is 95.0 Å². The summed E-state index contributed by atoms with van der Waals surface area (Å²) < 4.78 is 0. The first-order valence-electron chi connectivity index (χ1n) is 0.